The lowest BCUT2D eigenvalue weighted by atomic mass is 10.1. The molecule has 6 nitrogen and oxygen atoms in total. The monoisotopic (exact) mass is 431 g/mol. The maximum atomic E-state index is 14.2. The number of amides is 1. The van der Waals surface area contributed by atoms with E-state index in [9.17, 15) is 14.0 Å². The molecular weight excluding hydrogens is 409 g/mol. The normalized spacial score (nSPS) is 10.8. The number of fused-ring (bicyclic) bond motifs is 1. The van der Waals surface area contributed by atoms with Gasteiger partial charge in [-0.2, -0.15) is 0 Å². The SMILES string of the molecule is COc1ccccc1CCNC(=O)c1cc2cccnc2n(Cc2ccccc2F)c1=O. The number of para-hydroxylation sites is 1. The van der Waals surface area contributed by atoms with Crippen molar-refractivity contribution >= 4 is 16.9 Å². The fourth-order valence-electron chi connectivity index (χ4n) is 3.63. The van der Waals surface area contributed by atoms with Gasteiger partial charge in [0.05, 0.1) is 13.7 Å². The van der Waals surface area contributed by atoms with Gasteiger partial charge in [0, 0.05) is 23.7 Å². The van der Waals surface area contributed by atoms with Gasteiger partial charge in [0.25, 0.3) is 11.5 Å². The fourth-order valence-corrected chi connectivity index (χ4v) is 3.63. The standard InChI is InChI=1S/C25H22FN3O3/c1-32-22-11-5-3-7-17(22)12-14-28-24(30)20-15-18-9-6-13-27-23(18)29(25(20)31)16-19-8-2-4-10-21(19)26/h2-11,13,15H,12,14,16H2,1H3,(H,28,30). The minimum Gasteiger partial charge on any atom is -0.496 e. The lowest BCUT2D eigenvalue weighted by Crippen LogP contribution is -2.34. The van der Waals surface area contributed by atoms with Crippen LogP contribution in [0.25, 0.3) is 11.0 Å². The summed E-state index contributed by atoms with van der Waals surface area (Å²) in [7, 11) is 1.60. The largest absolute Gasteiger partial charge is 0.496 e. The molecule has 7 heteroatoms. The van der Waals surface area contributed by atoms with Gasteiger partial charge in [0.1, 0.15) is 22.8 Å². The summed E-state index contributed by atoms with van der Waals surface area (Å²) in [6, 6.07) is 18.8. The van der Waals surface area contributed by atoms with Crippen molar-refractivity contribution in [3.63, 3.8) is 0 Å². The molecule has 0 radical (unpaired) electrons. The molecule has 0 aliphatic carbocycles. The Labute approximate surface area is 184 Å². The number of carbonyl (C=O) groups excluding carboxylic acids is 1. The highest BCUT2D eigenvalue weighted by molar-refractivity contribution is 5.96. The lowest BCUT2D eigenvalue weighted by Gasteiger charge is -2.13. The van der Waals surface area contributed by atoms with Gasteiger partial charge < -0.3 is 10.1 Å². The third-order valence-corrected chi connectivity index (χ3v) is 5.25. The van der Waals surface area contributed by atoms with Gasteiger partial charge in [0.2, 0.25) is 0 Å². The maximum Gasteiger partial charge on any atom is 0.265 e. The van der Waals surface area contributed by atoms with Crippen molar-refractivity contribution in [3.05, 3.63) is 106 Å². The van der Waals surface area contributed by atoms with E-state index in [4.69, 9.17) is 4.74 Å². The van der Waals surface area contributed by atoms with Crippen LogP contribution in [0.4, 0.5) is 4.39 Å². The van der Waals surface area contributed by atoms with Gasteiger partial charge >= 0.3 is 0 Å². The number of halogens is 1. The molecule has 32 heavy (non-hydrogen) atoms. The first-order chi connectivity index (χ1) is 15.6. The Morgan fingerprint density at radius 2 is 1.81 bits per heavy atom. The van der Waals surface area contributed by atoms with Gasteiger partial charge in [-0.05, 0) is 42.3 Å². The second-order valence-electron chi connectivity index (χ2n) is 7.27. The highest BCUT2D eigenvalue weighted by atomic mass is 19.1. The first-order valence-electron chi connectivity index (χ1n) is 10.2. The Morgan fingerprint density at radius 1 is 1.06 bits per heavy atom. The van der Waals surface area contributed by atoms with Gasteiger partial charge in [0.15, 0.2) is 0 Å². The molecule has 0 saturated heterocycles. The molecule has 0 fully saturated rings. The summed E-state index contributed by atoms with van der Waals surface area (Å²) in [5.74, 6) is -0.168. The predicted octanol–water partition coefficient (Wildman–Crippen LogP) is 3.57. The van der Waals surface area contributed by atoms with Crippen molar-refractivity contribution in [2.24, 2.45) is 0 Å². The predicted molar refractivity (Wildman–Crippen MR) is 121 cm³/mol. The lowest BCUT2D eigenvalue weighted by molar-refractivity contribution is 0.0952. The molecule has 0 aliphatic heterocycles. The van der Waals surface area contributed by atoms with Crippen LogP contribution < -0.4 is 15.6 Å². The summed E-state index contributed by atoms with van der Waals surface area (Å²) in [5, 5.41) is 3.43. The molecule has 4 rings (SSSR count). The first kappa shape index (κ1) is 21.2. The third kappa shape index (κ3) is 4.37. The van der Waals surface area contributed by atoms with Crippen LogP contribution in [0, 0.1) is 5.82 Å². The quantitative estimate of drug-likeness (QED) is 0.486. The van der Waals surface area contributed by atoms with Gasteiger partial charge in [-0.15, -0.1) is 0 Å². The van der Waals surface area contributed by atoms with Crippen molar-refractivity contribution in [1.29, 1.82) is 0 Å². The number of aromatic nitrogens is 2. The zero-order chi connectivity index (χ0) is 22.5. The van der Waals surface area contributed by atoms with Crippen LogP contribution in [0.2, 0.25) is 0 Å². The number of ether oxygens (including phenoxy) is 1. The van der Waals surface area contributed by atoms with E-state index in [2.05, 4.69) is 10.3 Å². The summed E-state index contributed by atoms with van der Waals surface area (Å²) in [5.41, 5.74) is 1.16. The zero-order valence-corrected chi connectivity index (χ0v) is 17.5. The van der Waals surface area contributed by atoms with Crippen molar-refractivity contribution in [3.8, 4) is 5.75 Å². The minimum atomic E-state index is -0.519. The number of hydrogen-bond donors (Lipinski definition) is 1. The molecule has 0 aliphatic rings. The number of methoxy groups -OCH3 is 1. The Kier molecular flexibility index (Phi) is 6.26. The highest BCUT2D eigenvalue weighted by Crippen LogP contribution is 2.18. The van der Waals surface area contributed by atoms with Crippen molar-refractivity contribution in [2.75, 3.05) is 13.7 Å². The molecule has 0 unspecified atom stereocenters. The number of carbonyl (C=O) groups is 1. The number of hydrogen-bond acceptors (Lipinski definition) is 4. The maximum absolute atomic E-state index is 14.2. The van der Waals surface area contributed by atoms with Crippen LogP contribution in [-0.4, -0.2) is 29.1 Å². The third-order valence-electron chi connectivity index (χ3n) is 5.25. The minimum absolute atomic E-state index is 0.0122. The van der Waals surface area contributed by atoms with Gasteiger partial charge in [-0.25, -0.2) is 9.37 Å². The van der Waals surface area contributed by atoms with Crippen molar-refractivity contribution in [1.82, 2.24) is 14.9 Å². The molecule has 1 N–H and O–H groups in total. The molecule has 0 atom stereocenters. The molecule has 162 valence electrons. The highest BCUT2D eigenvalue weighted by Gasteiger charge is 2.17. The van der Waals surface area contributed by atoms with E-state index in [0.29, 0.717) is 29.6 Å². The van der Waals surface area contributed by atoms with E-state index in [-0.39, 0.29) is 12.1 Å². The van der Waals surface area contributed by atoms with Crippen LogP contribution >= 0.6 is 0 Å². The summed E-state index contributed by atoms with van der Waals surface area (Å²) < 4.78 is 20.9. The molecule has 0 spiro atoms. The Morgan fingerprint density at radius 3 is 2.59 bits per heavy atom. The molecule has 0 saturated carbocycles. The smallest absolute Gasteiger partial charge is 0.265 e. The van der Waals surface area contributed by atoms with Crippen LogP contribution in [0.3, 0.4) is 0 Å². The number of nitrogens with zero attached hydrogens (tertiary/aromatic N) is 2. The number of rotatable bonds is 7. The summed E-state index contributed by atoms with van der Waals surface area (Å²) >= 11 is 0. The Bertz CT molecular complexity index is 1330. The number of nitrogens with one attached hydrogen (secondary N) is 1. The average molecular weight is 431 g/mol. The van der Waals surface area contributed by atoms with Gasteiger partial charge in [-0.3, -0.25) is 14.2 Å². The molecule has 2 aromatic carbocycles. The summed E-state index contributed by atoms with van der Waals surface area (Å²) in [4.78, 5) is 30.4. The van der Waals surface area contributed by atoms with E-state index in [1.54, 1.807) is 43.6 Å². The molecule has 2 heterocycles. The van der Waals surface area contributed by atoms with Crippen LogP contribution in [0.5, 0.6) is 5.75 Å². The number of pyridine rings is 2. The van der Waals surface area contributed by atoms with Crippen LogP contribution in [0.15, 0.2) is 77.7 Å². The zero-order valence-electron chi connectivity index (χ0n) is 17.5. The first-order valence-corrected chi connectivity index (χ1v) is 10.2. The molecular formula is C25H22FN3O3. The fraction of sp³-hybridized carbons (Fsp3) is 0.160. The van der Waals surface area contributed by atoms with E-state index in [0.717, 1.165) is 11.3 Å². The summed E-state index contributed by atoms with van der Waals surface area (Å²) in [6.45, 7) is 0.304. The topological polar surface area (TPSA) is 73.2 Å². The van der Waals surface area contributed by atoms with E-state index >= 15 is 0 Å². The van der Waals surface area contributed by atoms with Crippen molar-refractivity contribution in [2.45, 2.75) is 13.0 Å². The molecule has 4 aromatic rings. The van der Waals surface area contributed by atoms with Gasteiger partial charge in [-0.1, -0.05) is 36.4 Å². The van der Waals surface area contributed by atoms with E-state index < -0.39 is 17.3 Å². The average Bonchev–Trinajstić information content (AvgIpc) is 2.82. The van der Waals surface area contributed by atoms with E-state index in [1.807, 2.05) is 24.3 Å². The summed E-state index contributed by atoms with van der Waals surface area (Å²) in [6.07, 6.45) is 2.11. The Balaban J connectivity index is 1.62. The van der Waals surface area contributed by atoms with E-state index in [1.165, 1.54) is 16.7 Å². The molecule has 0 bridgehead atoms. The second-order valence-corrected chi connectivity index (χ2v) is 7.27. The van der Waals surface area contributed by atoms with Crippen molar-refractivity contribution < 1.29 is 13.9 Å². The second kappa shape index (κ2) is 9.43. The van der Waals surface area contributed by atoms with Crippen LogP contribution in [-0.2, 0) is 13.0 Å². The van der Waals surface area contributed by atoms with Crippen LogP contribution in [0.1, 0.15) is 21.5 Å². The molecule has 1 amide bonds. The molecule has 2 aromatic heterocycles. The Hall–Kier alpha value is -4.00. The number of benzene rings is 2.